The molecule has 116 valence electrons. The molecule has 1 saturated carbocycles. The lowest BCUT2D eigenvalue weighted by atomic mass is 10.1. The van der Waals surface area contributed by atoms with Crippen molar-refractivity contribution < 1.29 is 19.4 Å². The third-order valence-electron chi connectivity index (χ3n) is 3.25. The smallest absolute Gasteiger partial charge is 0.411 e. The van der Waals surface area contributed by atoms with Crippen LogP contribution in [-0.4, -0.2) is 39.8 Å². The Kier molecular flexibility index (Phi) is 5.84. The maximum Gasteiger partial charge on any atom is 0.411 e. The first-order valence-corrected chi connectivity index (χ1v) is 7.50. The number of unbranched alkanes of at least 4 members (excludes halogenated alkanes) is 2. The number of hydrogen-bond acceptors (Lipinski definition) is 3. The van der Waals surface area contributed by atoms with Gasteiger partial charge in [0.2, 0.25) is 0 Å². The second kappa shape index (κ2) is 6.95. The van der Waals surface area contributed by atoms with Crippen molar-refractivity contribution in [2.45, 2.75) is 83.9 Å². The number of carbonyl (C=O) groups is 2. The maximum absolute atomic E-state index is 12.3. The van der Waals surface area contributed by atoms with Crippen molar-refractivity contribution in [2.75, 3.05) is 0 Å². The topological polar surface area (TPSA) is 66.8 Å². The van der Waals surface area contributed by atoms with E-state index in [0.717, 1.165) is 32.1 Å². The molecule has 1 fully saturated rings. The molecule has 0 heterocycles. The third kappa shape index (κ3) is 5.39. The van der Waals surface area contributed by atoms with E-state index in [1.807, 2.05) is 0 Å². The first-order valence-electron chi connectivity index (χ1n) is 7.50. The van der Waals surface area contributed by atoms with Crippen LogP contribution in [0.2, 0.25) is 0 Å². The molecule has 1 aliphatic carbocycles. The van der Waals surface area contributed by atoms with Crippen molar-refractivity contribution in [1.29, 1.82) is 0 Å². The molecule has 0 aliphatic heterocycles. The minimum atomic E-state index is -0.932. The van der Waals surface area contributed by atoms with Crippen LogP contribution in [0, 0.1) is 0 Å². The fraction of sp³-hybridized carbons (Fsp3) is 0.867. The predicted octanol–water partition coefficient (Wildman–Crippen LogP) is 3.42. The minimum Gasteiger partial charge on any atom is -0.480 e. The van der Waals surface area contributed by atoms with E-state index >= 15 is 0 Å². The second-order valence-electron chi connectivity index (χ2n) is 6.47. The van der Waals surface area contributed by atoms with Crippen LogP contribution >= 0.6 is 0 Å². The quantitative estimate of drug-likeness (QED) is 0.728. The molecule has 1 aliphatic rings. The van der Waals surface area contributed by atoms with Gasteiger partial charge in [-0.15, -0.1) is 0 Å². The Morgan fingerprint density at radius 1 is 1.30 bits per heavy atom. The van der Waals surface area contributed by atoms with Gasteiger partial charge in [0.15, 0.2) is 0 Å². The molecule has 1 atom stereocenters. The summed E-state index contributed by atoms with van der Waals surface area (Å²) in [7, 11) is 0. The van der Waals surface area contributed by atoms with Gasteiger partial charge in [0.05, 0.1) is 0 Å². The highest BCUT2D eigenvalue weighted by atomic mass is 16.6. The monoisotopic (exact) mass is 285 g/mol. The van der Waals surface area contributed by atoms with E-state index in [4.69, 9.17) is 4.74 Å². The van der Waals surface area contributed by atoms with Crippen LogP contribution in [-0.2, 0) is 9.53 Å². The van der Waals surface area contributed by atoms with Crippen molar-refractivity contribution in [3.05, 3.63) is 0 Å². The Bertz CT molecular complexity index is 344. The molecule has 20 heavy (non-hydrogen) atoms. The zero-order chi connectivity index (χ0) is 15.3. The van der Waals surface area contributed by atoms with E-state index in [1.54, 1.807) is 20.8 Å². The van der Waals surface area contributed by atoms with Crippen LogP contribution in [0.4, 0.5) is 4.79 Å². The van der Waals surface area contributed by atoms with Crippen LogP contribution in [0.1, 0.15) is 66.2 Å². The highest BCUT2D eigenvalue weighted by Gasteiger charge is 2.42. The summed E-state index contributed by atoms with van der Waals surface area (Å²) < 4.78 is 5.36. The van der Waals surface area contributed by atoms with E-state index in [0.29, 0.717) is 6.42 Å². The van der Waals surface area contributed by atoms with E-state index in [-0.39, 0.29) is 6.04 Å². The van der Waals surface area contributed by atoms with Gasteiger partial charge in [-0.2, -0.15) is 0 Å². The minimum absolute atomic E-state index is 0.0348. The zero-order valence-electron chi connectivity index (χ0n) is 13.0. The van der Waals surface area contributed by atoms with Crippen LogP contribution in [0.3, 0.4) is 0 Å². The first kappa shape index (κ1) is 16.8. The third-order valence-corrected chi connectivity index (χ3v) is 3.25. The van der Waals surface area contributed by atoms with E-state index in [2.05, 4.69) is 6.92 Å². The van der Waals surface area contributed by atoms with Gasteiger partial charge in [-0.05, 0) is 40.0 Å². The summed E-state index contributed by atoms with van der Waals surface area (Å²) in [5.74, 6) is -0.932. The Labute approximate surface area is 121 Å². The van der Waals surface area contributed by atoms with Gasteiger partial charge in [0.1, 0.15) is 11.6 Å². The summed E-state index contributed by atoms with van der Waals surface area (Å²) in [6.45, 7) is 7.46. The number of nitrogens with zero attached hydrogens (tertiary/aromatic N) is 1. The van der Waals surface area contributed by atoms with E-state index in [9.17, 15) is 14.7 Å². The zero-order valence-corrected chi connectivity index (χ0v) is 13.0. The molecule has 0 bridgehead atoms. The molecule has 0 aromatic heterocycles. The van der Waals surface area contributed by atoms with Gasteiger partial charge in [0.25, 0.3) is 0 Å². The lowest BCUT2D eigenvalue weighted by molar-refractivity contribution is -0.143. The van der Waals surface area contributed by atoms with Gasteiger partial charge in [-0.25, -0.2) is 9.59 Å². The highest BCUT2D eigenvalue weighted by Crippen LogP contribution is 2.31. The summed E-state index contributed by atoms with van der Waals surface area (Å²) >= 11 is 0. The summed E-state index contributed by atoms with van der Waals surface area (Å²) in [6.07, 6.45) is 4.58. The average molecular weight is 285 g/mol. The molecule has 5 nitrogen and oxygen atoms in total. The van der Waals surface area contributed by atoms with Crippen molar-refractivity contribution in [1.82, 2.24) is 4.90 Å². The Morgan fingerprint density at radius 3 is 2.30 bits per heavy atom. The fourth-order valence-corrected chi connectivity index (χ4v) is 2.17. The summed E-state index contributed by atoms with van der Waals surface area (Å²) in [6, 6.07) is -0.725. The maximum atomic E-state index is 12.3. The van der Waals surface area contributed by atoms with Crippen molar-refractivity contribution in [2.24, 2.45) is 0 Å². The van der Waals surface area contributed by atoms with Gasteiger partial charge < -0.3 is 9.84 Å². The normalized spacial score (nSPS) is 16.6. The number of carboxylic acid groups (broad SMARTS) is 1. The molecule has 0 spiro atoms. The summed E-state index contributed by atoms with van der Waals surface area (Å²) in [5.41, 5.74) is -0.601. The summed E-state index contributed by atoms with van der Waals surface area (Å²) in [5, 5.41) is 9.42. The molecule has 1 rings (SSSR count). The van der Waals surface area contributed by atoms with Crippen LogP contribution < -0.4 is 0 Å². The molecule has 1 N–H and O–H groups in total. The van der Waals surface area contributed by atoms with Gasteiger partial charge >= 0.3 is 12.1 Å². The second-order valence-corrected chi connectivity index (χ2v) is 6.47. The molecule has 5 heteroatoms. The molecular weight excluding hydrogens is 258 g/mol. The molecule has 0 aromatic carbocycles. The Balaban J connectivity index is 2.74. The van der Waals surface area contributed by atoms with Gasteiger partial charge in [0, 0.05) is 6.04 Å². The molecule has 0 aromatic rings. The SMILES string of the molecule is CCCCCC(C(=O)O)N(C(=O)OC(C)(C)C)C1CC1. The standard InChI is InChI=1S/C15H27NO4/c1-5-6-7-8-12(13(17)18)16(11-9-10-11)14(19)20-15(2,3)4/h11-12H,5-10H2,1-4H3,(H,17,18). The number of ether oxygens (including phenoxy) is 1. The highest BCUT2D eigenvalue weighted by molar-refractivity contribution is 5.80. The number of aliphatic carboxylic acids is 1. The number of amides is 1. The number of carboxylic acids is 1. The van der Waals surface area contributed by atoms with Crippen LogP contribution in [0.5, 0.6) is 0 Å². The van der Waals surface area contributed by atoms with Crippen LogP contribution in [0.15, 0.2) is 0 Å². The van der Waals surface area contributed by atoms with E-state index < -0.39 is 23.7 Å². The van der Waals surface area contributed by atoms with Gasteiger partial charge in [-0.3, -0.25) is 4.90 Å². The molecule has 1 unspecified atom stereocenters. The van der Waals surface area contributed by atoms with Crippen LogP contribution in [0.25, 0.3) is 0 Å². The average Bonchev–Trinajstić information content (AvgIpc) is 3.09. The van der Waals surface area contributed by atoms with Gasteiger partial charge in [-0.1, -0.05) is 26.2 Å². The lowest BCUT2D eigenvalue weighted by Crippen LogP contribution is -2.48. The number of carbonyl (C=O) groups excluding carboxylic acids is 1. The molecule has 0 radical (unpaired) electrons. The van der Waals surface area contributed by atoms with E-state index in [1.165, 1.54) is 4.90 Å². The molecule has 0 saturated heterocycles. The number of hydrogen-bond donors (Lipinski definition) is 1. The first-order chi connectivity index (χ1) is 9.26. The van der Waals surface area contributed by atoms with Crippen molar-refractivity contribution in [3.63, 3.8) is 0 Å². The molecule has 1 amide bonds. The fourth-order valence-electron chi connectivity index (χ4n) is 2.17. The molecular formula is C15H27NO4. The largest absolute Gasteiger partial charge is 0.480 e. The van der Waals surface area contributed by atoms with Crippen molar-refractivity contribution in [3.8, 4) is 0 Å². The number of rotatable bonds is 7. The predicted molar refractivity (Wildman–Crippen MR) is 76.7 cm³/mol. The Hall–Kier alpha value is -1.26. The van der Waals surface area contributed by atoms with Crippen molar-refractivity contribution >= 4 is 12.1 Å². The Morgan fingerprint density at radius 2 is 1.90 bits per heavy atom. The summed E-state index contributed by atoms with van der Waals surface area (Å²) in [4.78, 5) is 25.2. The lowest BCUT2D eigenvalue weighted by Gasteiger charge is -2.31.